The molecule has 0 aliphatic rings. The van der Waals surface area contributed by atoms with Gasteiger partial charge in [-0.1, -0.05) is 13.8 Å². The maximum absolute atomic E-state index is 11.9. The molecule has 0 aromatic carbocycles. The first-order valence-corrected chi connectivity index (χ1v) is 5.83. The molecule has 1 unspecified atom stereocenters. The molecule has 0 aliphatic carbocycles. The van der Waals surface area contributed by atoms with E-state index in [1.807, 2.05) is 13.8 Å². The van der Waals surface area contributed by atoms with Gasteiger partial charge >= 0.3 is 12.1 Å². The molecule has 0 amide bonds. The first kappa shape index (κ1) is 17.2. The summed E-state index contributed by atoms with van der Waals surface area (Å²) >= 11 is 0. The van der Waals surface area contributed by atoms with E-state index in [4.69, 9.17) is 9.47 Å². The summed E-state index contributed by atoms with van der Waals surface area (Å²) in [4.78, 5) is 11.5. The van der Waals surface area contributed by atoms with Crippen molar-refractivity contribution in [2.75, 3.05) is 19.8 Å². The topological polar surface area (TPSA) is 47.6 Å². The summed E-state index contributed by atoms with van der Waals surface area (Å²) in [7, 11) is 0. The average Bonchev–Trinajstić information content (AvgIpc) is 2.21. The van der Waals surface area contributed by atoms with Gasteiger partial charge in [0, 0.05) is 6.04 Å². The number of ether oxygens (including phenoxy) is 2. The molecule has 0 spiro atoms. The van der Waals surface area contributed by atoms with Crippen LogP contribution in [0.3, 0.4) is 0 Å². The van der Waals surface area contributed by atoms with Crippen LogP contribution in [0.4, 0.5) is 13.2 Å². The van der Waals surface area contributed by atoms with Gasteiger partial charge in [0.05, 0.1) is 26.2 Å². The number of alkyl halides is 3. The van der Waals surface area contributed by atoms with Crippen molar-refractivity contribution in [3.8, 4) is 0 Å². The van der Waals surface area contributed by atoms with Crippen molar-refractivity contribution in [2.24, 2.45) is 0 Å². The lowest BCUT2D eigenvalue weighted by Gasteiger charge is -2.19. The van der Waals surface area contributed by atoms with Crippen LogP contribution in [0.15, 0.2) is 0 Å². The average molecular weight is 271 g/mol. The van der Waals surface area contributed by atoms with Crippen LogP contribution in [0.1, 0.15) is 27.2 Å². The molecule has 0 heterocycles. The number of carbonyl (C=O) groups is 1. The van der Waals surface area contributed by atoms with Gasteiger partial charge in [0.1, 0.15) is 6.04 Å². The number of halogens is 3. The third kappa shape index (κ3) is 9.23. The summed E-state index contributed by atoms with van der Waals surface area (Å²) in [5.41, 5.74) is 0. The zero-order valence-electron chi connectivity index (χ0n) is 10.8. The molecule has 108 valence electrons. The largest absolute Gasteiger partial charge is 0.465 e. The first-order chi connectivity index (χ1) is 8.26. The van der Waals surface area contributed by atoms with Gasteiger partial charge in [-0.2, -0.15) is 13.2 Å². The molecular formula is C11H20F3NO3. The second kappa shape index (κ2) is 8.31. The van der Waals surface area contributed by atoms with Crippen LogP contribution in [-0.4, -0.2) is 44.0 Å². The van der Waals surface area contributed by atoms with E-state index in [1.165, 1.54) is 0 Å². The second-order valence-electron chi connectivity index (χ2n) is 4.07. The van der Waals surface area contributed by atoms with E-state index in [2.05, 4.69) is 5.32 Å². The van der Waals surface area contributed by atoms with E-state index >= 15 is 0 Å². The van der Waals surface area contributed by atoms with Gasteiger partial charge in [-0.05, 0) is 6.92 Å². The Bertz CT molecular complexity index is 244. The molecule has 0 fully saturated rings. The molecule has 18 heavy (non-hydrogen) atoms. The molecule has 0 aromatic rings. The number of carbonyl (C=O) groups excluding carboxylic acids is 1. The van der Waals surface area contributed by atoms with E-state index in [-0.39, 0.29) is 19.3 Å². The van der Waals surface area contributed by atoms with Gasteiger partial charge < -0.3 is 14.8 Å². The van der Waals surface area contributed by atoms with E-state index in [0.29, 0.717) is 0 Å². The summed E-state index contributed by atoms with van der Waals surface area (Å²) in [5, 5.41) is 2.88. The van der Waals surface area contributed by atoms with Gasteiger partial charge in [-0.3, -0.25) is 4.79 Å². The minimum absolute atomic E-state index is 0.00521. The van der Waals surface area contributed by atoms with Crippen LogP contribution in [0.2, 0.25) is 0 Å². The lowest BCUT2D eigenvalue weighted by Crippen LogP contribution is -2.45. The SMILES string of the molecule is CCOC(=O)C(COCCC(F)(F)F)NC(C)C. The van der Waals surface area contributed by atoms with Gasteiger partial charge in [-0.15, -0.1) is 0 Å². The van der Waals surface area contributed by atoms with Crippen molar-refractivity contribution in [3.63, 3.8) is 0 Å². The normalized spacial score (nSPS) is 13.7. The van der Waals surface area contributed by atoms with Crippen LogP contribution >= 0.6 is 0 Å². The van der Waals surface area contributed by atoms with E-state index < -0.39 is 31.2 Å². The molecule has 1 N–H and O–H groups in total. The standard InChI is InChI=1S/C11H20F3NO3/c1-4-18-10(16)9(15-8(2)3)7-17-6-5-11(12,13)14/h8-9,15H,4-7H2,1-3H3. The predicted molar refractivity (Wildman–Crippen MR) is 60.2 cm³/mol. The Morgan fingerprint density at radius 1 is 1.33 bits per heavy atom. The molecule has 0 saturated carbocycles. The molecule has 0 aliphatic heterocycles. The third-order valence-electron chi connectivity index (χ3n) is 1.92. The molecule has 4 nitrogen and oxygen atoms in total. The fourth-order valence-corrected chi connectivity index (χ4v) is 1.22. The zero-order chi connectivity index (χ0) is 14.2. The number of nitrogens with one attached hydrogen (secondary N) is 1. The van der Waals surface area contributed by atoms with Gasteiger partial charge in [0.2, 0.25) is 0 Å². The highest BCUT2D eigenvalue weighted by atomic mass is 19.4. The maximum Gasteiger partial charge on any atom is 0.391 e. The summed E-state index contributed by atoms with van der Waals surface area (Å²) in [6, 6.07) is -0.733. The minimum atomic E-state index is -4.25. The Kier molecular flexibility index (Phi) is 7.93. The first-order valence-electron chi connectivity index (χ1n) is 5.83. The number of hydrogen-bond acceptors (Lipinski definition) is 4. The Labute approximate surface area is 105 Å². The smallest absolute Gasteiger partial charge is 0.391 e. The summed E-state index contributed by atoms with van der Waals surface area (Å²) < 4.78 is 45.3. The van der Waals surface area contributed by atoms with Gasteiger partial charge in [-0.25, -0.2) is 0 Å². The quantitative estimate of drug-likeness (QED) is 0.541. The van der Waals surface area contributed by atoms with Crippen molar-refractivity contribution in [3.05, 3.63) is 0 Å². The Morgan fingerprint density at radius 3 is 2.39 bits per heavy atom. The van der Waals surface area contributed by atoms with E-state index in [0.717, 1.165) is 0 Å². The third-order valence-corrected chi connectivity index (χ3v) is 1.92. The molecule has 1 atom stereocenters. The summed E-state index contributed by atoms with van der Waals surface area (Å²) in [6.07, 6.45) is -5.27. The van der Waals surface area contributed by atoms with Crippen molar-refractivity contribution in [1.29, 1.82) is 0 Å². The van der Waals surface area contributed by atoms with Crippen LogP contribution in [0, 0.1) is 0 Å². The number of esters is 1. The van der Waals surface area contributed by atoms with Crippen molar-refractivity contribution in [1.82, 2.24) is 5.32 Å². The van der Waals surface area contributed by atoms with Gasteiger partial charge in [0.15, 0.2) is 0 Å². The van der Waals surface area contributed by atoms with Crippen LogP contribution in [0.5, 0.6) is 0 Å². The lowest BCUT2D eigenvalue weighted by molar-refractivity contribution is -0.151. The maximum atomic E-state index is 11.9. The highest BCUT2D eigenvalue weighted by molar-refractivity contribution is 5.75. The Morgan fingerprint density at radius 2 is 1.94 bits per heavy atom. The molecule has 0 aromatic heterocycles. The Hall–Kier alpha value is -0.820. The fraction of sp³-hybridized carbons (Fsp3) is 0.909. The predicted octanol–water partition coefficient (Wildman–Crippen LogP) is 1.89. The second-order valence-corrected chi connectivity index (χ2v) is 4.07. The fourth-order valence-electron chi connectivity index (χ4n) is 1.22. The van der Waals surface area contributed by atoms with Crippen molar-refractivity contribution < 1.29 is 27.4 Å². The molecule has 7 heteroatoms. The Balaban J connectivity index is 4.05. The monoisotopic (exact) mass is 271 g/mol. The molecular weight excluding hydrogens is 251 g/mol. The molecule has 0 rings (SSSR count). The number of hydrogen-bond donors (Lipinski definition) is 1. The van der Waals surface area contributed by atoms with Crippen LogP contribution < -0.4 is 5.32 Å². The summed E-state index contributed by atoms with van der Waals surface area (Å²) in [5.74, 6) is -0.516. The highest BCUT2D eigenvalue weighted by Gasteiger charge is 2.27. The molecule has 0 bridgehead atoms. The van der Waals surface area contributed by atoms with Crippen molar-refractivity contribution >= 4 is 5.97 Å². The molecule has 0 radical (unpaired) electrons. The van der Waals surface area contributed by atoms with Crippen LogP contribution in [-0.2, 0) is 14.3 Å². The highest BCUT2D eigenvalue weighted by Crippen LogP contribution is 2.18. The number of rotatable bonds is 8. The van der Waals surface area contributed by atoms with Crippen molar-refractivity contribution in [2.45, 2.75) is 45.5 Å². The lowest BCUT2D eigenvalue weighted by atomic mass is 10.2. The minimum Gasteiger partial charge on any atom is -0.465 e. The van der Waals surface area contributed by atoms with E-state index in [1.54, 1.807) is 6.92 Å². The van der Waals surface area contributed by atoms with E-state index in [9.17, 15) is 18.0 Å². The van der Waals surface area contributed by atoms with Crippen LogP contribution in [0.25, 0.3) is 0 Å². The van der Waals surface area contributed by atoms with Gasteiger partial charge in [0.25, 0.3) is 0 Å². The zero-order valence-corrected chi connectivity index (χ0v) is 10.8. The molecule has 0 saturated heterocycles. The summed E-state index contributed by atoms with van der Waals surface area (Å²) in [6.45, 7) is 4.93.